The molecule has 20 heavy (non-hydrogen) atoms. The Morgan fingerprint density at radius 2 is 2.30 bits per heavy atom. The molecule has 1 atom stereocenters. The molecule has 1 aromatic carbocycles. The molecular weight excluding hydrogens is 369 g/mol. The summed E-state index contributed by atoms with van der Waals surface area (Å²) in [6.07, 6.45) is 4.70. The van der Waals surface area contributed by atoms with E-state index in [2.05, 4.69) is 34.5 Å². The number of hydrogen-bond acceptors (Lipinski definition) is 3. The van der Waals surface area contributed by atoms with Crippen molar-refractivity contribution in [2.45, 2.75) is 31.7 Å². The number of carboxylic acids is 1. The van der Waals surface area contributed by atoms with Gasteiger partial charge in [0.05, 0.1) is 6.61 Å². The maximum atomic E-state index is 11.2. The van der Waals surface area contributed by atoms with Crippen LogP contribution >= 0.6 is 22.6 Å². The second-order valence-corrected chi connectivity index (χ2v) is 6.46. The van der Waals surface area contributed by atoms with Crippen LogP contribution in [0.5, 0.6) is 5.75 Å². The van der Waals surface area contributed by atoms with Gasteiger partial charge in [-0.2, -0.15) is 0 Å². The Balaban J connectivity index is 1.92. The molecule has 5 heteroatoms. The van der Waals surface area contributed by atoms with Gasteiger partial charge in [0.15, 0.2) is 0 Å². The van der Waals surface area contributed by atoms with Gasteiger partial charge in [-0.15, -0.1) is 0 Å². The van der Waals surface area contributed by atoms with Crippen LogP contribution in [0.25, 0.3) is 0 Å². The Bertz CT molecular complexity index is 478. The number of nitrogens with zero attached hydrogens (tertiary/aromatic N) is 1. The molecule has 1 fully saturated rings. The van der Waals surface area contributed by atoms with Crippen molar-refractivity contribution in [1.29, 1.82) is 0 Å². The number of halogens is 1. The molecule has 2 rings (SSSR count). The second kappa shape index (κ2) is 7.26. The molecule has 110 valence electrons. The zero-order valence-electron chi connectivity index (χ0n) is 11.6. The summed E-state index contributed by atoms with van der Waals surface area (Å²) >= 11 is 2.11. The van der Waals surface area contributed by atoms with Crippen molar-refractivity contribution < 1.29 is 14.6 Å². The van der Waals surface area contributed by atoms with Crippen LogP contribution in [-0.4, -0.2) is 42.2 Å². The van der Waals surface area contributed by atoms with Gasteiger partial charge in [-0.3, -0.25) is 0 Å². The molecule has 0 bridgehead atoms. The number of rotatable bonds is 5. The van der Waals surface area contributed by atoms with Crippen molar-refractivity contribution >= 4 is 28.6 Å². The molecule has 4 nitrogen and oxygen atoms in total. The second-order valence-electron chi connectivity index (χ2n) is 5.21. The van der Waals surface area contributed by atoms with E-state index in [1.807, 2.05) is 6.07 Å². The largest absolute Gasteiger partial charge is 0.493 e. The highest BCUT2D eigenvalue weighted by atomic mass is 127. The Morgan fingerprint density at radius 3 is 3.00 bits per heavy atom. The highest BCUT2D eigenvalue weighted by molar-refractivity contribution is 14.1. The molecule has 1 aliphatic rings. The maximum absolute atomic E-state index is 11.2. The Labute approximate surface area is 133 Å². The quantitative estimate of drug-likeness (QED) is 0.786. The first kappa shape index (κ1) is 15.6. The Morgan fingerprint density at radius 1 is 1.50 bits per heavy atom. The van der Waals surface area contributed by atoms with Crippen molar-refractivity contribution in [1.82, 2.24) is 4.90 Å². The third-order valence-electron chi connectivity index (χ3n) is 3.80. The fourth-order valence-corrected chi connectivity index (χ4v) is 3.10. The summed E-state index contributed by atoms with van der Waals surface area (Å²) in [5.41, 5.74) is 0.244. The zero-order chi connectivity index (χ0) is 14.5. The third-order valence-corrected chi connectivity index (χ3v) is 4.47. The third kappa shape index (κ3) is 4.09. The highest BCUT2D eigenvalue weighted by Crippen LogP contribution is 2.23. The standard InChI is InChI=1S/C15H20INO3/c1-17-8-3-2-4-12(17)7-9-20-14-6-5-11(16)10-13(14)15(18)19/h5-6,10,12H,2-4,7-9H2,1H3,(H,18,19). The van der Waals surface area contributed by atoms with Crippen LogP contribution in [0.2, 0.25) is 0 Å². The summed E-state index contributed by atoms with van der Waals surface area (Å²) in [5.74, 6) is -0.468. The summed E-state index contributed by atoms with van der Waals surface area (Å²) in [6.45, 7) is 1.71. The van der Waals surface area contributed by atoms with Crippen LogP contribution in [0.1, 0.15) is 36.0 Å². The number of hydrogen-bond donors (Lipinski definition) is 1. The number of benzene rings is 1. The van der Waals surface area contributed by atoms with Crippen molar-refractivity contribution in [2.75, 3.05) is 20.2 Å². The van der Waals surface area contributed by atoms with Crippen molar-refractivity contribution in [3.05, 3.63) is 27.3 Å². The molecule has 1 N–H and O–H groups in total. The number of aromatic carboxylic acids is 1. The first-order valence-electron chi connectivity index (χ1n) is 6.94. The van der Waals surface area contributed by atoms with Gasteiger partial charge in [0, 0.05) is 9.61 Å². The molecule has 0 radical (unpaired) electrons. The van der Waals surface area contributed by atoms with Crippen LogP contribution < -0.4 is 4.74 Å². The van der Waals surface area contributed by atoms with Crippen LogP contribution in [0.15, 0.2) is 18.2 Å². The monoisotopic (exact) mass is 389 g/mol. The molecule has 1 heterocycles. The van der Waals surface area contributed by atoms with E-state index in [1.54, 1.807) is 12.1 Å². The molecule has 0 saturated carbocycles. The van der Waals surface area contributed by atoms with E-state index >= 15 is 0 Å². The smallest absolute Gasteiger partial charge is 0.339 e. The molecule has 0 aromatic heterocycles. The van der Waals surface area contributed by atoms with E-state index in [4.69, 9.17) is 4.74 Å². The van der Waals surface area contributed by atoms with Gasteiger partial charge in [-0.25, -0.2) is 4.79 Å². The Hall–Kier alpha value is -0.820. The lowest BCUT2D eigenvalue weighted by molar-refractivity contribution is 0.0691. The van der Waals surface area contributed by atoms with Gasteiger partial charge in [0.1, 0.15) is 11.3 Å². The first-order chi connectivity index (χ1) is 9.58. The lowest BCUT2D eigenvalue weighted by Gasteiger charge is -2.32. The average molecular weight is 389 g/mol. The minimum Gasteiger partial charge on any atom is -0.493 e. The molecule has 1 aromatic rings. The molecule has 0 spiro atoms. The minimum absolute atomic E-state index is 0.244. The van der Waals surface area contributed by atoms with E-state index in [0.29, 0.717) is 18.4 Å². The molecule has 1 unspecified atom stereocenters. The highest BCUT2D eigenvalue weighted by Gasteiger charge is 2.19. The summed E-state index contributed by atoms with van der Waals surface area (Å²) in [6, 6.07) is 5.82. The van der Waals surface area contributed by atoms with Gasteiger partial charge in [-0.1, -0.05) is 6.42 Å². The average Bonchev–Trinajstić information content (AvgIpc) is 2.42. The van der Waals surface area contributed by atoms with Crippen LogP contribution in [-0.2, 0) is 0 Å². The van der Waals surface area contributed by atoms with Crippen LogP contribution in [0.3, 0.4) is 0 Å². The summed E-state index contributed by atoms with van der Waals surface area (Å²) in [4.78, 5) is 13.6. The zero-order valence-corrected chi connectivity index (χ0v) is 13.8. The fraction of sp³-hybridized carbons (Fsp3) is 0.533. The number of carbonyl (C=O) groups is 1. The van der Waals surface area contributed by atoms with Crippen molar-refractivity contribution in [3.8, 4) is 5.75 Å². The minimum atomic E-state index is -0.937. The number of piperidine rings is 1. The first-order valence-corrected chi connectivity index (χ1v) is 8.01. The predicted molar refractivity (Wildman–Crippen MR) is 86.5 cm³/mol. The summed E-state index contributed by atoms with van der Waals surface area (Å²) in [5, 5.41) is 9.19. The molecular formula is C15H20INO3. The molecule has 0 aliphatic carbocycles. The maximum Gasteiger partial charge on any atom is 0.339 e. The van der Waals surface area contributed by atoms with Gasteiger partial charge in [0.25, 0.3) is 0 Å². The normalized spacial score (nSPS) is 19.8. The van der Waals surface area contributed by atoms with Gasteiger partial charge in [0.2, 0.25) is 0 Å². The topological polar surface area (TPSA) is 49.8 Å². The van der Waals surface area contributed by atoms with Gasteiger partial charge >= 0.3 is 5.97 Å². The van der Waals surface area contributed by atoms with Crippen LogP contribution in [0.4, 0.5) is 0 Å². The van der Waals surface area contributed by atoms with Gasteiger partial charge < -0.3 is 14.7 Å². The van der Waals surface area contributed by atoms with E-state index in [9.17, 15) is 9.90 Å². The van der Waals surface area contributed by atoms with E-state index in [-0.39, 0.29) is 5.56 Å². The van der Waals surface area contributed by atoms with Gasteiger partial charge in [-0.05, 0) is 73.6 Å². The fourth-order valence-electron chi connectivity index (χ4n) is 2.61. The SMILES string of the molecule is CN1CCCCC1CCOc1ccc(I)cc1C(=O)O. The number of carboxylic acid groups (broad SMARTS) is 1. The van der Waals surface area contributed by atoms with E-state index in [1.165, 1.54) is 19.3 Å². The Kier molecular flexibility index (Phi) is 5.65. The number of ether oxygens (including phenoxy) is 1. The number of likely N-dealkylation sites (tertiary alicyclic amines) is 1. The molecule has 1 saturated heterocycles. The van der Waals surface area contributed by atoms with Crippen molar-refractivity contribution in [2.24, 2.45) is 0 Å². The van der Waals surface area contributed by atoms with Crippen molar-refractivity contribution in [3.63, 3.8) is 0 Å². The summed E-state index contributed by atoms with van der Waals surface area (Å²) in [7, 11) is 2.15. The molecule has 1 aliphatic heterocycles. The van der Waals surface area contributed by atoms with Crippen LogP contribution in [0, 0.1) is 3.57 Å². The lowest BCUT2D eigenvalue weighted by Crippen LogP contribution is -2.37. The lowest BCUT2D eigenvalue weighted by atomic mass is 10.0. The van der Waals surface area contributed by atoms with E-state index in [0.717, 1.165) is 16.5 Å². The molecule has 0 amide bonds. The predicted octanol–water partition coefficient (Wildman–Crippen LogP) is 3.24. The van der Waals surface area contributed by atoms with E-state index < -0.39 is 5.97 Å². The summed E-state index contributed by atoms with van der Waals surface area (Å²) < 4.78 is 6.60.